The molecule has 1 N–H and O–H groups in total. The van der Waals surface area contributed by atoms with Gasteiger partial charge >= 0.3 is 0 Å². The van der Waals surface area contributed by atoms with Crippen LogP contribution < -0.4 is 9.62 Å². The summed E-state index contributed by atoms with van der Waals surface area (Å²) in [5.41, 5.74) is 1.83. The molecule has 5 nitrogen and oxygen atoms in total. The van der Waals surface area contributed by atoms with Gasteiger partial charge in [-0.1, -0.05) is 18.2 Å². The van der Waals surface area contributed by atoms with Crippen LogP contribution in [0.15, 0.2) is 54.1 Å². The monoisotopic (exact) mass is 374 g/mol. The summed E-state index contributed by atoms with van der Waals surface area (Å²) in [6.07, 6.45) is 2.09. The van der Waals surface area contributed by atoms with Crippen LogP contribution in [0.2, 0.25) is 0 Å². The van der Waals surface area contributed by atoms with E-state index in [1.165, 1.54) is 16.4 Å². The predicted octanol–water partition coefficient (Wildman–Crippen LogP) is 3.41. The van der Waals surface area contributed by atoms with Gasteiger partial charge in [0.25, 0.3) is 5.91 Å². The Labute approximate surface area is 152 Å². The summed E-state index contributed by atoms with van der Waals surface area (Å²) in [4.78, 5) is 12.3. The lowest BCUT2D eigenvalue weighted by Crippen LogP contribution is -2.25. The minimum atomic E-state index is -3.23. The number of hydrogen-bond donors (Lipinski definition) is 1. The number of benzene rings is 2. The molecule has 0 aromatic heterocycles. The van der Waals surface area contributed by atoms with Gasteiger partial charge in [-0.25, -0.2) is 12.8 Å². The van der Waals surface area contributed by atoms with Gasteiger partial charge in [0.1, 0.15) is 5.82 Å². The highest BCUT2D eigenvalue weighted by Crippen LogP contribution is 2.25. The zero-order valence-corrected chi connectivity index (χ0v) is 15.1. The fourth-order valence-electron chi connectivity index (χ4n) is 2.76. The molecule has 1 fully saturated rings. The molecule has 1 aliphatic rings. The van der Waals surface area contributed by atoms with Crippen LogP contribution in [0.25, 0.3) is 6.08 Å². The zero-order chi connectivity index (χ0) is 18.7. The second-order valence-electron chi connectivity index (χ2n) is 6.09. The molecule has 3 rings (SSSR count). The van der Waals surface area contributed by atoms with E-state index < -0.39 is 15.8 Å². The summed E-state index contributed by atoms with van der Waals surface area (Å²) in [6.45, 7) is 2.07. The number of rotatable bonds is 4. The number of nitrogens with zero attached hydrogens (tertiary/aromatic N) is 1. The van der Waals surface area contributed by atoms with Crippen LogP contribution in [0.5, 0.6) is 0 Å². The highest BCUT2D eigenvalue weighted by Gasteiger charge is 2.28. The summed E-state index contributed by atoms with van der Waals surface area (Å²) in [7, 11) is -3.23. The maximum Gasteiger partial charge on any atom is 0.251 e. The van der Waals surface area contributed by atoms with Gasteiger partial charge in [0.15, 0.2) is 0 Å². The van der Waals surface area contributed by atoms with Crippen molar-refractivity contribution in [3.63, 3.8) is 0 Å². The van der Waals surface area contributed by atoms with Gasteiger partial charge in [-0.2, -0.15) is 0 Å². The second kappa shape index (κ2) is 7.29. The largest absolute Gasteiger partial charge is 0.322 e. The molecule has 0 saturated carbocycles. The van der Waals surface area contributed by atoms with E-state index in [0.717, 1.165) is 0 Å². The van der Waals surface area contributed by atoms with E-state index in [1.54, 1.807) is 49.4 Å². The Morgan fingerprint density at radius 2 is 1.85 bits per heavy atom. The van der Waals surface area contributed by atoms with Crippen molar-refractivity contribution in [3.05, 3.63) is 65.5 Å². The molecule has 26 heavy (non-hydrogen) atoms. The lowest BCUT2D eigenvalue weighted by Gasteiger charge is -2.17. The minimum Gasteiger partial charge on any atom is -0.322 e. The van der Waals surface area contributed by atoms with Gasteiger partial charge in [-0.3, -0.25) is 9.10 Å². The topological polar surface area (TPSA) is 66.5 Å². The van der Waals surface area contributed by atoms with E-state index >= 15 is 0 Å². The molecule has 1 heterocycles. The van der Waals surface area contributed by atoms with Crippen LogP contribution in [-0.4, -0.2) is 26.6 Å². The smallest absolute Gasteiger partial charge is 0.251 e. The first-order valence-electron chi connectivity index (χ1n) is 8.21. The lowest BCUT2D eigenvalue weighted by molar-refractivity contribution is -0.112. The third-order valence-electron chi connectivity index (χ3n) is 4.15. The van der Waals surface area contributed by atoms with Gasteiger partial charge in [0, 0.05) is 23.4 Å². The Hall–Kier alpha value is -2.67. The Morgan fingerprint density at radius 3 is 2.46 bits per heavy atom. The predicted molar refractivity (Wildman–Crippen MR) is 101 cm³/mol. The van der Waals surface area contributed by atoms with Crippen molar-refractivity contribution in [2.45, 2.75) is 13.3 Å². The molecule has 2 aromatic rings. The van der Waals surface area contributed by atoms with Gasteiger partial charge in [-0.05, 0) is 49.8 Å². The molecule has 136 valence electrons. The van der Waals surface area contributed by atoms with Gasteiger partial charge in [0.05, 0.1) is 11.4 Å². The molecule has 0 atom stereocenters. The Kier molecular flexibility index (Phi) is 5.08. The fraction of sp³-hybridized carbons (Fsp3) is 0.211. The molecular formula is C19H19FN2O3S. The summed E-state index contributed by atoms with van der Waals surface area (Å²) < 4.78 is 38.9. The van der Waals surface area contributed by atoms with E-state index in [9.17, 15) is 17.6 Å². The summed E-state index contributed by atoms with van der Waals surface area (Å²) >= 11 is 0. The van der Waals surface area contributed by atoms with E-state index in [1.807, 2.05) is 0 Å². The molecule has 7 heteroatoms. The van der Waals surface area contributed by atoms with Crippen molar-refractivity contribution >= 4 is 33.4 Å². The van der Waals surface area contributed by atoms with Crippen LogP contribution in [0.3, 0.4) is 0 Å². The van der Waals surface area contributed by atoms with Gasteiger partial charge in [-0.15, -0.1) is 0 Å². The molecule has 0 unspecified atom stereocenters. The number of amides is 1. The van der Waals surface area contributed by atoms with Crippen LogP contribution >= 0.6 is 0 Å². The molecule has 1 aliphatic heterocycles. The van der Waals surface area contributed by atoms with Crippen molar-refractivity contribution in [1.82, 2.24) is 0 Å². The average molecular weight is 374 g/mol. The molecule has 1 amide bonds. The maximum atomic E-state index is 13.7. The standard InChI is InChI=1S/C19H19FN2O3S/c1-14(13-15-5-2-3-6-18(15)20)19(23)21-16-7-9-17(10-8-16)22-11-4-12-26(22,24)25/h2-3,5-10,13H,4,11-12H2,1H3,(H,21,23)/b14-13+. The molecule has 0 bridgehead atoms. The lowest BCUT2D eigenvalue weighted by atomic mass is 10.1. The number of nitrogens with one attached hydrogen (secondary N) is 1. The summed E-state index contributed by atoms with van der Waals surface area (Å²) in [5, 5.41) is 2.72. The van der Waals surface area contributed by atoms with E-state index in [4.69, 9.17) is 0 Å². The van der Waals surface area contributed by atoms with Crippen molar-refractivity contribution in [2.24, 2.45) is 0 Å². The minimum absolute atomic E-state index is 0.158. The van der Waals surface area contributed by atoms with E-state index in [2.05, 4.69) is 5.32 Å². The van der Waals surface area contributed by atoms with Crippen molar-refractivity contribution in [2.75, 3.05) is 21.9 Å². The Morgan fingerprint density at radius 1 is 1.15 bits per heavy atom. The van der Waals surface area contributed by atoms with Crippen molar-refractivity contribution in [1.29, 1.82) is 0 Å². The Bertz CT molecular complexity index is 953. The normalized spacial score (nSPS) is 16.5. The van der Waals surface area contributed by atoms with E-state index in [0.29, 0.717) is 35.5 Å². The van der Waals surface area contributed by atoms with Crippen molar-refractivity contribution in [3.8, 4) is 0 Å². The number of carbonyl (C=O) groups is 1. The number of anilines is 2. The highest BCUT2D eigenvalue weighted by molar-refractivity contribution is 7.93. The fourth-order valence-corrected chi connectivity index (χ4v) is 4.33. The van der Waals surface area contributed by atoms with Crippen LogP contribution in [0.4, 0.5) is 15.8 Å². The quantitative estimate of drug-likeness (QED) is 0.834. The first-order valence-corrected chi connectivity index (χ1v) is 9.82. The number of carbonyl (C=O) groups excluding carboxylic acids is 1. The third kappa shape index (κ3) is 3.94. The van der Waals surface area contributed by atoms with Crippen LogP contribution in [0, 0.1) is 5.82 Å². The molecule has 0 radical (unpaired) electrons. The Balaban J connectivity index is 1.71. The molecular weight excluding hydrogens is 355 g/mol. The SMILES string of the molecule is C/C(=C\c1ccccc1F)C(=O)Nc1ccc(N2CCCS2(=O)=O)cc1. The third-order valence-corrected chi connectivity index (χ3v) is 6.02. The van der Waals surface area contributed by atoms with Gasteiger partial charge < -0.3 is 5.32 Å². The number of sulfonamides is 1. The molecule has 0 spiro atoms. The number of hydrogen-bond acceptors (Lipinski definition) is 3. The molecule has 1 saturated heterocycles. The number of halogens is 1. The van der Waals surface area contributed by atoms with E-state index in [-0.39, 0.29) is 11.7 Å². The average Bonchev–Trinajstić information content (AvgIpc) is 2.97. The molecule has 0 aliphatic carbocycles. The molecule has 2 aromatic carbocycles. The second-order valence-corrected chi connectivity index (χ2v) is 8.10. The van der Waals surface area contributed by atoms with Crippen LogP contribution in [0.1, 0.15) is 18.9 Å². The first kappa shape index (κ1) is 18.1. The maximum absolute atomic E-state index is 13.7. The summed E-state index contributed by atoms with van der Waals surface area (Å²) in [6, 6.07) is 12.8. The zero-order valence-electron chi connectivity index (χ0n) is 14.3. The van der Waals surface area contributed by atoms with Crippen molar-refractivity contribution < 1.29 is 17.6 Å². The van der Waals surface area contributed by atoms with Crippen LogP contribution in [-0.2, 0) is 14.8 Å². The highest BCUT2D eigenvalue weighted by atomic mass is 32.2. The van der Waals surface area contributed by atoms with Gasteiger partial charge in [0.2, 0.25) is 10.0 Å². The first-order chi connectivity index (χ1) is 12.4. The summed E-state index contributed by atoms with van der Waals surface area (Å²) in [5.74, 6) is -0.587.